The Labute approximate surface area is 208 Å². The zero-order chi connectivity index (χ0) is 25.3. The van der Waals surface area contributed by atoms with Gasteiger partial charge in [0.15, 0.2) is 10.7 Å². The highest BCUT2D eigenvalue weighted by atomic mass is 32.2. The van der Waals surface area contributed by atoms with Gasteiger partial charge in [-0.1, -0.05) is 28.9 Å². The zero-order valence-electron chi connectivity index (χ0n) is 21.4. The number of carbonyl (C=O) groups is 1. The number of piperazine rings is 1. The van der Waals surface area contributed by atoms with Crippen LogP contribution in [0.1, 0.15) is 46.5 Å². The Morgan fingerprint density at radius 3 is 2.34 bits per heavy atom. The molecule has 2 saturated heterocycles. The largest absolute Gasteiger partial charge is 0.355 e. The predicted molar refractivity (Wildman–Crippen MR) is 136 cm³/mol. The number of benzene rings is 1. The van der Waals surface area contributed by atoms with Crippen LogP contribution < -0.4 is 0 Å². The first-order valence-corrected chi connectivity index (χ1v) is 13.7. The lowest BCUT2D eigenvalue weighted by Crippen LogP contribution is -2.52. The van der Waals surface area contributed by atoms with Gasteiger partial charge in [0, 0.05) is 39.3 Å². The second kappa shape index (κ2) is 10.2. The van der Waals surface area contributed by atoms with E-state index in [1.54, 1.807) is 13.0 Å². The molecule has 2 aliphatic rings. The second-order valence-electron chi connectivity index (χ2n) is 9.94. The molecule has 35 heavy (non-hydrogen) atoms. The first-order chi connectivity index (χ1) is 16.6. The Morgan fingerprint density at radius 1 is 1.03 bits per heavy atom. The average Bonchev–Trinajstić information content (AvgIpc) is 3.19. The molecule has 1 aromatic carbocycles. The van der Waals surface area contributed by atoms with E-state index < -0.39 is 10.0 Å². The van der Waals surface area contributed by atoms with Gasteiger partial charge in [0.1, 0.15) is 5.69 Å². The molecular weight excluding hydrogens is 464 g/mol. The molecule has 0 spiro atoms. The SMILES string of the molecule is Cc1cc(C)c(C=Cc2onc(C)c2S(=O)(=O)N2CCCC(C(=O)N3CCN(C)CC3)C2)c(C)c1. The number of rotatable bonds is 5. The summed E-state index contributed by atoms with van der Waals surface area (Å²) in [5, 5.41) is 3.97. The fraction of sp³-hybridized carbons (Fsp3) is 0.538. The van der Waals surface area contributed by atoms with Crippen molar-refractivity contribution in [3.05, 3.63) is 45.8 Å². The average molecular weight is 501 g/mol. The van der Waals surface area contributed by atoms with Gasteiger partial charge in [0.25, 0.3) is 0 Å². The normalized spacial score (nSPS) is 20.6. The van der Waals surface area contributed by atoms with E-state index in [2.05, 4.69) is 29.1 Å². The van der Waals surface area contributed by atoms with Crippen molar-refractivity contribution in [3.8, 4) is 0 Å². The molecule has 3 heterocycles. The van der Waals surface area contributed by atoms with E-state index in [0.717, 1.165) is 29.8 Å². The predicted octanol–water partition coefficient (Wildman–Crippen LogP) is 3.25. The molecule has 1 atom stereocenters. The molecule has 0 N–H and O–H groups in total. The van der Waals surface area contributed by atoms with Gasteiger partial charge in [-0.05, 0) is 70.4 Å². The molecule has 2 aliphatic heterocycles. The number of sulfonamides is 1. The third-order valence-electron chi connectivity index (χ3n) is 7.12. The van der Waals surface area contributed by atoms with Crippen LogP contribution in [0, 0.1) is 33.6 Å². The maximum atomic E-state index is 13.7. The summed E-state index contributed by atoms with van der Waals surface area (Å²) in [6, 6.07) is 4.20. The second-order valence-corrected chi connectivity index (χ2v) is 11.8. The van der Waals surface area contributed by atoms with Crippen molar-refractivity contribution in [1.82, 2.24) is 19.3 Å². The minimum absolute atomic E-state index is 0.0606. The summed E-state index contributed by atoms with van der Waals surface area (Å²) in [5.41, 5.74) is 4.77. The maximum absolute atomic E-state index is 13.7. The van der Waals surface area contributed by atoms with Gasteiger partial charge in [-0.2, -0.15) is 4.31 Å². The molecule has 1 unspecified atom stereocenters. The minimum atomic E-state index is -3.87. The van der Waals surface area contributed by atoms with Crippen LogP contribution in [0.2, 0.25) is 0 Å². The van der Waals surface area contributed by atoms with Gasteiger partial charge in [0.05, 0.1) is 5.92 Å². The Balaban J connectivity index is 1.56. The number of carbonyl (C=O) groups excluding carboxylic acids is 1. The standard InChI is InChI=1S/C26H36N4O4S/c1-18-15-19(2)23(20(3)16-18)8-9-24-25(21(4)27-34-24)35(32,33)30-10-6-7-22(17-30)26(31)29-13-11-28(5)12-14-29/h8-9,15-16,22H,6-7,10-14,17H2,1-5H3. The number of amides is 1. The number of nitrogens with zero attached hydrogens (tertiary/aromatic N) is 4. The number of likely N-dealkylation sites (N-methyl/N-ethyl adjacent to an activating group) is 1. The third kappa shape index (κ3) is 5.37. The third-order valence-corrected chi connectivity index (χ3v) is 9.14. The van der Waals surface area contributed by atoms with E-state index in [1.807, 2.05) is 31.9 Å². The van der Waals surface area contributed by atoms with Crippen molar-refractivity contribution in [1.29, 1.82) is 0 Å². The number of hydrogen-bond donors (Lipinski definition) is 0. The first-order valence-electron chi connectivity index (χ1n) is 12.3. The lowest BCUT2D eigenvalue weighted by atomic mass is 9.98. The molecule has 0 bridgehead atoms. The molecule has 0 aliphatic carbocycles. The topological polar surface area (TPSA) is 87.0 Å². The number of aromatic nitrogens is 1. The molecule has 1 amide bonds. The fourth-order valence-corrected chi connectivity index (χ4v) is 6.96. The summed E-state index contributed by atoms with van der Waals surface area (Å²) in [6.07, 6.45) is 4.94. The molecule has 0 saturated carbocycles. The molecule has 190 valence electrons. The molecule has 8 nitrogen and oxygen atoms in total. The summed E-state index contributed by atoms with van der Waals surface area (Å²) in [7, 11) is -1.82. The zero-order valence-corrected chi connectivity index (χ0v) is 22.2. The lowest BCUT2D eigenvalue weighted by Gasteiger charge is -2.37. The van der Waals surface area contributed by atoms with Crippen LogP contribution >= 0.6 is 0 Å². The highest BCUT2D eigenvalue weighted by molar-refractivity contribution is 7.89. The quantitative estimate of drug-likeness (QED) is 0.626. The van der Waals surface area contributed by atoms with E-state index in [9.17, 15) is 13.2 Å². The highest BCUT2D eigenvalue weighted by Crippen LogP contribution is 2.30. The molecule has 1 aromatic heterocycles. The number of hydrogen-bond acceptors (Lipinski definition) is 6. The lowest BCUT2D eigenvalue weighted by molar-refractivity contribution is -0.138. The summed E-state index contributed by atoms with van der Waals surface area (Å²) >= 11 is 0. The van der Waals surface area contributed by atoms with Crippen molar-refractivity contribution in [3.63, 3.8) is 0 Å². The van der Waals surface area contributed by atoms with Crippen LogP contribution in [-0.4, -0.2) is 79.9 Å². The van der Waals surface area contributed by atoms with E-state index in [0.29, 0.717) is 38.2 Å². The van der Waals surface area contributed by atoms with Crippen molar-refractivity contribution in [2.24, 2.45) is 5.92 Å². The van der Waals surface area contributed by atoms with Gasteiger partial charge < -0.3 is 14.3 Å². The summed E-state index contributed by atoms with van der Waals surface area (Å²) in [4.78, 5) is 17.3. The van der Waals surface area contributed by atoms with Crippen molar-refractivity contribution < 1.29 is 17.7 Å². The molecule has 0 radical (unpaired) electrons. The van der Waals surface area contributed by atoms with Crippen LogP contribution in [0.5, 0.6) is 0 Å². The number of piperidine rings is 1. The molecule has 9 heteroatoms. The van der Waals surface area contributed by atoms with Gasteiger partial charge in [0.2, 0.25) is 15.9 Å². The van der Waals surface area contributed by atoms with Crippen molar-refractivity contribution >= 4 is 28.1 Å². The Hall–Kier alpha value is -2.49. The molecule has 4 rings (SSSR count). The van der Waals surface area contributed by atoms with Gasteiger partial charge >= 0.3 is 0 Å². The fourth-order valence-electron chi connectivity index (χ4n) is 5.19. The molecular formula is C26H36N4O4S. The summed E-state index contributed by atoms with van der Waals surface area (Å²) in [6.45, 7) is 11.4. The Morgan fingerprint density at radius 2 is 1.69 bits per heavy atom. The highest BCUT2D eigenvalue weighted by Gasteiger charge is 2.38. The molecule has 2 aromatic rings. The molecule has 2 fully saturated rings. The van der Waals surface area contributed by atoms with Crippen LogP contribution in [0.3, 0.4) is 0 Å². The van der Waals surface area contributed by atoms with E-state index in [1.165, 1.54) is 9.87 Å². The van der Waals surface area contributed by atoms with E-state index in [-0.39, 0.29) is 29.0 Å². The number of aryl methyl sites for hydroxylation is 4. The first kappa shape index (κ1) is 25.6. The van der Waals surface area contributed by atoms with Gasteiger partial charge in [-0.25, -0.2) is 8.42 Å². The van der Waals surface area contributed by atoms with Gasteiger partial charge in [-0.3, -0.25) is 4.79 Å². The van der Waals surface area contributed by atoms with Crippen LogP contribution in [0.15, 0.2) is 21.6 Å². The van der Waals surface area contributed by atoms with Crippen LogP contribution in [0.4, 0.5) is 0 Å². The Bertz CT molecular complexity index is 1200. The Kier molecular flexibility index (Phi) is 7.49. The minimum Gasteiger partial charge on any atom is -0.355 e. The van der Waals surface area contributed by atoms with Gasteiger partial charge in [-0.15, -0.1) is 0 Å². The maximum Gasteiger partial charge on any atom is 0.248 e. The smallest absolute Gasteiger partial charge is 0.248 e. The van der Waals surface area contributed by atoms with Crippen molar-refractivity contribution in [2.45, 2.75) is 45.4 Å². The van der Waals surface area contributed by atoms with Crippen LogP contribution in [-0.2, 0) is 14.8 Å². The summed E-state index contributed by atoms with van der Waals surface area (Å²) < 4.78 is 34.3. The monoisotopic (exact) mass is 500 g/mol. The van der Waals surface area contributed by atoms with E-state index >= 15 is 0 Å². The van der Waals surface area contributed by atoms with E-state index in [4.69, 9.17) is 4.52 Å². The van der Waals surface area contributed by atoms with Crippen LogP contribution in [0.25, 0.3) is 12.2 Å². The summed E-state index contributed by atoms with van der Waals surface area (Å²) in [5.74, 6) is -0.0428. The van der Waals surface area contributed by atoms with Crippen molar-refractivity contribution in [2.75, 3.05) is 46.3 Å².